The van der Waals surface area contributed by atoms with E-state index in [1.165, 1.54) is 50.5 Å². The molecule has 1 saturated carbocycles. The fourth-order valence-electron chi connectivity index (χ4n) is 3.16. The van der Waals surface area contributed by atoms with Crippen molar-refractivity contribution in [1.29, 1.82) is 0 Å². The van der Waals surface area contributed by atoms with E-state index in [9.17, 15) is 0 Å². The standard InChI is InChI=1S/C17H31N5/c1-15-13-21-22(14-15)12-11-20-17(18-2)19-10-6-5-9-16-7-3-4-8-16/h13-14,16H,3-12H2,1-2H3,(H2,18,19,20). The second-order valence-electron chi connectivity index (χ2n) is 6.35. The van der Waals surface area contributed by atoms with Crippen LogP contribution < -0.4 is 10.6 Å². The van der Waals surface area contributed by atoms with Crippen molar-refractivity contribution in [2.75, 3.05) is 20.1 Å². The average Bonchev–Trinajstić information content (AvgIpc) is 3.17. The molecular weight excluding hydrogens is 274 g/mol. The van der Waals surface area contributed by atoms with Gasteiger partial charge < -0.3 is 10.6 Å². The number of hydrogen-bond acceptors (Lipinski definition) is 2. The Hall–Kier alpha value is -1.52. The number of aryl methyl sites for hydroxylation is 1. The van der Waals surface area contributed by atoms with Crippen LogP contribution in [-0.4, -0.2) is 35.9 Å². The van der Waals surface area contributed by atoms with Crippen LogP contribution >= 0.6 is 0 Å². The molecule has 1 heterocycles. The number of unbranched alkanes of at least 4 members (excludes halogenated alkanes) is 1. The number of nitrogens with zero attached hydrogens (tertiary/aromatic N) is 3. The van der Waals surface area contributed by atoms with Crippen molar-refractivity contribution in [3.05, 3.63) is 18.0 Å². The summed E-state index contributed by atoms with van der Waals surface area (Å²) in [4.78, 5) is 4.26. The molecule has 2 rings (SSSR count). The smallest absolute Gasteiger partial charge is 0.191 e. The van der Waals surface area contributed by atoms with E-state index in [2.05, 4.69) is 33.8 Å². The topological polar surface area (TPSA) is 54.2 Å². The van der Waals surface area contributed by atoms with Crippen molar-refractivity contribution >= 4 is 5.96 Å². The third-order valence-corrected chi connectivity index (χ3v) is 4.43. The van der Waals surface area contributed by atoms with Gasteiger partial charge >= 0.3 is 0 Å². The number of aromatic nitrogens is 2. The number of rotatable bonds is 8. The molecule has 0 atom stereocenters. The average molecular weight is 305 g/mol. The summed E-state index contributed by atoms with van der Waals surface area (Å²) < 4.78 is 1.96. The first-order valence-corrected chi connectivity index (χ1v) is 8.71. The first-order chi connectivity index (χ1) is 10.8. The molecule has 1 aliphatic rings. The Morgan fingerprint density at radius 3 is 2.73 bits per heavy atom. The van der Waals surface area contributed by atoms with Gasteiger partial charge in [0.1, 0.15) is 0 Å². The van der Waals surface area contributed by atoms with Crippen LogP contribution in [-0.2, 0) is 6.54 Å². The molecule has 1 aliphatic carbocycles. The van der Waals surface area contributed by atoms with E-state index in [0.717, 1.165) is 31.5 Å². The van der Waals surface area contributed by atoms with Gasteiger partial charge in [0.25, 0.3) is 0 Å². The third-order valence-electron chi connectivity index (χ3n) is 4.43. The van der Waals surface area contributed by atoms with Crippen molar-refractivity contribution in [3.63, 3.8) is 0 Å². The molecule has 0 aliphatic heterocycles. The minimum atomic E-state index is 0.836. The molecule has 1 aromatic heterocycles. The zero-order valence-electron chi connectivity index (χ0n) is 14.1. The second kappa shape index (κ2) is 9.49. The second-order valence-corrected chi connectivity index (χ2v) is 6.35. The Morgan fingerprint density at radius 2 is 2.05 bits per heavy atom. The largest absolute Gasteiger partial charge is 0.356 e. The Kier molecular flexibility index (Phi) is 7.26. The summed E-state index contributed by atoms with van der Waals surface area (Å²) in [5.74, 6) is 1.90. The van der Waals surface area contributed by atoms with Gasteiger partial charge in [-0.15, -0.1) is 0 Å². The van der Waals surface area contributed by atoms with Crippen LogP contribution in [0.15, 0.2) is 17.4 Å². The lowest BCUT2D eigenvalue weighted by molar-refractivity contribution is 0.472. The van der Waals surface area contributed by atoms with Crippen LogP contribution in [0.4, 0.5) is 0 Å². The van der Waals surface area contributed by atoms with Gasteiger partial charge in [-0.05, 0) is 24.8 Å². The van der Waals surface area contributed by atoms with Gasteiger partial charge in [-0.1, -0.05) is 38.5 Å². The first-order valence-electron chi connectivity index (χ1n) is 8.71. The van der Waals surface area contributed by atoms with E-state index in [4.69, 9.17) is 0 Å². The van der Waals surface area contributed by atoms with Gasteiger partial charge in [0, 0.05) is 26.3 Å². The molecule has 2 N–H and O–H groups in total. The van der Waals surface area contributed by atoms with Crippen LogP contribution in [0.1, 0.15) is 50.5 Å². The predicted octanol–water partition coefficient (Wildman–Crippen LogP) is 2.72. The quantitative estimate of drug-likeness (QED) is 0.441. The number of nitrogens with one attached hydrogen (secondary N) is 2. The molecule has 0 saturated heterocycles. The molecule has 0 radical (unpaired) electrons. The zero-order chi connectivity index (χ0) is 15.6. The van der Waals surface area contributed by atoms with Gasteiger partial charge in [-0.2, -0.15) is 5.10 Å². The van der Waals surface area contributed by atoms with Crippen molar-refractivity contribution in [1.82, 2.24) is 20.4 Å². The lowest BCUT2D eigenvalue weighted by Gasteiger charge is -2.12. The highest BCUT2D eigenvalue weighted by atomic mass is 15.3. The zero-order valence-corrected chi connectivity index (χ0v) is 14.1. The molecule has 0 amide bonds. The number of guanidine groups is 1. The van der Waals surface area contributed by atoms with Gasteiger partial charge in [-0.3, -0.25) is 9.67 Å². The van der Waals surface area contributed by atoms with E-state index < -0.39 is 0 Å². The van der Waals surface area contributed by atoms with E-state index >= 15 is 0 Å². The van der Waals surface area contributed by atoms with Crippen LogP contribution in [0.5, 0.6) is 0 Å². The van der Waals surface area contributed by atoms with Crippen molar-refractivity contribution < 1.29 is 0 Å². The van der Waals surface area contributed by atoms with E-state index in [1.807, 2.05) is 17.9 Å². The first kappa shape index (κ1) is 16.8. The highest BCUT2D eigenvalue weighted by Gasteiger charge is 2.13. The van der Waals surface area contributed by atoms with Gasteiger partial charge in [0.2, 0.25) is 0 Å². The number of hydrogen-bond donors (Lipinski definition) is 2. The number of aliphatic imine (C=N–C) groups is 1. The molecule has 0 aromatic carbocycles. The maximum Gasteiger partial charge on any atom is 0.191 e. The summed E-state index contributed by atoms with van der Waals surface area (Å²) in [6.07, 6.45) is 13.7. The molecule has 0 bridgehead atoms. The maximum absolute atomic E-state index is 4.28. The predicted molar refractivity (Wildman–Crippen MR) is 92.1 cm³/mol. The minimum Gasteiger partial charge on any atom is -0.356 e. The lowest BCUT2D eigenvalue weighted by Crippen LogP contribution is -2.39. The fraction of sp³-hybridized carbons (Fsp3) is 0.765. The van der Waals surface area contributed by atoms with Crippen LogP contribution in [0.3, 0.4) is 0 Å². The monoisotopic (exact) mass is 305 g/mol. The fourth-order valence-corrected chi connectivity index (χ4v) is 3.16. The third kappa shape index (κ3) is 6.08. The van der Waals surface area contributed by atoms with E-state index in [-0.39, 0.29) is 0 Å². The van der Waals surface area contributed by atoms with Crippen LogP contribution in [0, 0.1) is 12.8 Å². The molecular formula is C17H31N5. The summed E-state index contributed by atoms with van der Waals surface area (Å²) in [5.41, 5.74) is 1.20. The Bertz CT molecular complexity index is 446. The van der Waals surface area contributed by atoms with E-state index in [1.54, 1.807) is 0 Å². The van der Waals surface area contributed by atoms with Gasteiger partial charge in [0.15, 0.2) is 5.96 Å². The molecule has 1 fully saturated rings. The SMILES string of the molecule is CN=C(NCCCCC1CCCC1)NCCn1cc(C)cn1. The minimum absolute atomic E-state index is 0.836. The molecule has 1 aromatic rings. The Balaban J connectivity index is 1.51. The van der Waals surface area contributed by atoms with Crippen molar-refractivity contribution in [2.45, 2.75) is 58.4 Å². The molecule has 124 valence electrons. The summed E-state index contributed by atoms with van der Waals surface area (Å²) in [7, 11) is 1.83. The van der Waals surface area contributed by atoms with Crippen molar-refractivity contribution in [3.8, 4) is 0 Å². The Morgan fingerprint density at radius 1 is 1.27 bits per heavy atom. The lowest BCUT2D eigenvalue weighted by atomic mass is 10.0. The molecule has 5 nitrogen and oxygen atoms in total. The van der Waals surface area contributed by atoms with Gasteiger partial charge in [-0.25, -0.2) is 0 Å². The summed E-state index contributed by atoms with van der Waals surface area (Å²) in [6.45, 7) is 4.76. The molecule has 0 unspecified atom stereocenters. The van der Waals surface area contributed by atoms with Crippen LogP contribution in [0.2, 0.25) is 0 Å². The Labute approximate surface area is 134 Å². The normalized spacial score (nSPS) is 16.2. The molecule has 0 spiro atoms. The van der Waals surface area contributed by atoms with Crippen molar-refractivity contribution in [2.24, 2.45) is 10.9 Å². The summed E-state index contributed by atoms with van der Waals surface area (Å²) >= 11 is 0. The van der Waals surface area contributed by atoms with Gasteiger partial charge in [0.05, 0.1) is 12.7 Å². The maximum atomic E-state index is 4.28. The van der Waals surface area contributed by atoms with Crippen LogP contribution in [0.25, 0.3) is 0 Å². The highest BCUT2D eigenvalue weighted by molar-refractivity contribution is 5.79. The summed E-state index contributed by atoms with van der Waals surface area (Å²) in [6, 6.07) is 0. The highest BCUT2D eigenvalue weighted by Crippen LogP contribution is 2.28. The van der Waals surface area contributed by atoms with E-state index in [0.29, 0.717) is 0 Å². The summed E-state index contributed by atoms with van der Waals surface area (Å²) in [5, 5.41) is 11.0. The molecule has 5 heteroatoms. The molecule has 22 heavy (non-hydrogen) atoms.